The summed E-state index contributed by atoms with van der Waals surface area (Å²) in [6, 6.07) is 5.47. The number of rotatable bonds is 3. The van der Waals surface area contributed by atoms with Crippen LogP contribution in [0.3, 0.4) is 0 Å². The van der Waals surface area contributed by atoms with E-state index in [-0.39, 0.29) is 10.8 Å². The fourth-order valence-electron chi connectivity index (χ4n) is 2.23. The number of hydrogen-bond donors (Lipinski definition) is 1. The van der Waals surface area contributed by atoms with Gasteiger partial charge in [0.2, 0.25) is 10.0 Å². The van der Waals surface area contributed by atoms with Crippen molar-refractivity contribution in [3.8, 4) is 0 Å². The molecule has 1 fully saturated rings. The summed E-state index contributed by atoms with van der Waals surface area (Å²) < 4.78 is 39.6. The second kappa shape index (κ2) is 5.34. The van der Waals surface area contributed by atoms with Crippen LogP contribution in [0.4, 0.5) is 4.39 Å². The molecule has 2 rings (SSSR count). The molecule has 0 bridgehead atoms. The van der Waals surface area contributed by atoms with Gasteiger partial charge in [0.15, 0.2) is 0 Å². The highest BCUT2D eigenvalue weighted by molar-refractivity contribution is 7.89. The molecular weight excluding hydrogens is 255 g/mol. The van der Waals surface area contributed by atoms with Gasteiger partial charge in [-0.3, -0.25) is 0 Å². The molecule has 0 radical (unpaired) electrons. The monoisotopic (exact) mass is 272 g/mol. The van der Waals surface area contributed by atoms with Gasteiger partial charge in [-0.05, 0) is 37.4 Å². The molecule has 1 unspecified atom stereocenters. The van der Waals surface area contributed by atoms with E-state index in [4.69, 9.17) is 5.73 Å². The lowest BCUT2D eigenvalue weighted by atomic mass is 10.0. The van der Waals surface area contributed by atoms with Crippen molar-refractivity contribution in [1.82, 2.24) is 4.31 Å². The van der Waals surface area contributed by atoms with Crippen molar-refractivity contribution < 1.29 is 12.8 Å². The number of nitrogens with zero attached hydrogens (tertiary/aromatic N) is 1. The van der Waals surface area contributed by atoms with Crippen LogP contribution in [0.5, 0.6) is 0 Å². The molecule has 0 spiro atoms. The van der Waals surface area contributed by atoms with Crippen molar-refractivity contribution in [2.45, 2.75) is 17.7 Å². The third-order valence-corrected chi connectivity index (χ3v) is 5.17. The Balaban J connectivity index is 2.29. The molecule has 0 aliphatic carbocycles. The fourth-order valence-corrected chi connectivity index (χ4v) is 3.85. The Morgan fingerprint density at radius 1 is 1.39 bits per heavy atom. The molecule has 0 aromatic heterocycles. The number of hydrogen-bond acceptors (Lipinski definition) is 3. The Bertz CT molecular complexity index is 519. The Morgan fingerprint density at radius 3 is 2.78 bits per heavy atom. The van der Waals surface area contributed by atoms with Crippen molar-refractivity contribution in [1.29, 1.82) is 0 Å². The summed E-state index contributed by atoms with van der Waals surface area (Å²) in [4.78, 5) is -0.248. The van der Waals surface area contributed by atoms with Crippen LogP contribution >= 0.6 is 0 Å². The molecule has 1 atom stereocenters. The summed E-state index contributed by atoms with van der Waals surface area (Å²) in [5.41, 5.74) is 5.58. The first kappa shape index (κ1) is 13.5. The van der Waals surface area contributed by atoms with Gasteiger partial charge in [-0.15, -0.1) is 0 Å². The molecule has 6 heteroatoms. The molecular formula is C12H17FN2O2S. The van der Waals surface area contributed by atoms with Gasteiger partial charge in [-0.1, -0.05) is 12.1 Å². The molecule has 100 valence electrons. The summed E-state index contributed by atoms with van der Waals surface area (Å²) in [5, 5.41) is 0. The van der Waals surface area contributed by atoms with Gasteiger partial charge in [0.05, 0.1) is 0 Å². The maximum absolute atomic E-state index is 13.6. The van der Waals surface area contributed by atoms with E-state index in [1.165, 1.54) is 22.5 Å². The molecule has 1 aromatic carbocycles. The number of halogens is 1. The molecule has 1 aromatic rings. The third kappa shape index (κ3) is 2.55. The van der Waals surface area contributed by atoms with Crippen molar-refractivity contribution in [2.24, 2.45) is 11.7 Å². The predicted molar refractivity (Wildman–Crippen MR) is 66.9 cm³/mol. The van der Waals surface area contributed by atoms with Gasteiger partial charge < -0.3 is 5.73 Å². The topological polar surface area (TPSA) is 63.4 Å². The van der Waals surface area contributed by atoms with E-state index in [0.29, 0.717) is 19.6 Å². The van der Waals surface area contributed by atoms with E-state index < -0.39 is 15.8 Å². The van der Waals surface area contributed by atoms with Gasteiger partial charge in [0.1, 0.15) is 10.7 Å². The Labute approximate surface area is 107 Å². The zero-order chi connectivity index (χ0) is 13.2. The number of piperidine rings is 1. The first-order valence-corrected chi connectivity index (χ1v) is 7.44. The van der Waals surface area contributed by atoms with E-state index in [2.05, 4.69) is 0 Å². The van der Waals surface area contributed by atoms with Crippen LogP contribution in [0.1, 0.15) is 12.8 Å². The number of sulfonamides is 1. The lowest BCUT2D eigenvalue weighted by Crippen LogP contribution is -2.42. The molecule has 1 aliphatic heterocycles. The summed E-state index contributed by atoms with van der Waals surface area (Å²) in [5.74, 6) is -0.535. The highest BCUT2D eigenvalue weighted by Gasteiger charge is 2.31. The molecule has 18 heavy (non-hydrogen) atoms. The zero-order valence-corrected chi connectivity index (χ0v) is 10.9. The molecule has 0 amide bonds. The molecule has 4 nitrogen and oxygen atoms in total. The smallest absolute Gasteiger partial charge is 0.245 e. The maximum atomic E-state index is 13.6. The first-order chi connectivity index (χ1) is 8.55. The minimum atomic E-state index is -3.73. The average Bonchev–Trinajstić information content (AvgIpc) is 2.39. The van der Waals surface area contributed by atoms with Crippen LogP contribution in [0.25, 0.3) is 0 Å². The van der Waals surface area contributed by atoms with E-state index in [1.807, 2.05) is 0 Å². The summed E-state index contributed by atoms with van der Waals surface area (Å²) >= 11 is 0. The van der Waals surface area contributed by atoms with Gasteiger partial charge in [0.25, 0.3) is 0 Å². The van der Waals surface area contributed by atoms with Gasteiger partial charge in [0, 0.05) is 13.1 Å². The zero-order valence-electron chi connectivity index (χ0n) is 10.0. The number of nitrogens with two attached hydrogens (primary N) is 1. The molecule has 1 heterocycles. The highest BCUT2D eigenvalue weighted by Crippen LogP contribution is 2.24. The van der Waals surface area contributed by atoms with Crippen LogP contribution in [0, 0.1) is 11.7 Å². The predicted octanol–water partition coefficient (Wildman–Crippen LogP) is 1.19. The lowest BCUT2D eigenvalue weighted by Gasteiger charge is -2.31. The van der Waals surface area contributed by atoms with E-state index in [9.17, 15) is 12.8 Å². The van der Waals surface area contributed by atoms with Crippen LogP contribution in [0.15, 0.2) is 29.2 Å². The van der Waals surface area contributed by atoms with Crippen molar-refractivity contribution in [3.05, 3.63) is 30.1 Å². The minimum Gasteiger partial charge on any atom is -0.330 e. The highest BCUT2D eigenvalue weighted by atomic mass is 32.2. The van der Waals surface area contributed by atoms with E-state index >= 15 is 0 Å². The van der Waals surface area contributed by atoms with Crippen LogP contribution < -0.4 is 5.73 Å². The molecule has 2 N–H and O–H groups in total. The minimum absolute atomic E-state index is 0.167. The Morgan fingerprint density at radius 2 is 2.11 bits per heavy atom. The molecule has 1 saturated heterocycles. The summed E-state index contributed by atoms with van der Waals surface area (Å²) in [7, 11) is -3.73. The Kier molecular flexibility index (Phi) is 3.99. The second-order valence-corrected chi connectivity index (χ2v) is 6.44. The van der Waals surface area contributed by atoms with Crippen LogP contribution in [-0.4, -0.2) is 32.4 Å². The third-order valence-electron chi connectivity index (χ3n) is 3.27. The first-order valence-electron chi connectivity index (χ1n) is 6.00. The SMILES string of the molecule is NCC1CCCN(S(=O)(=O)c2ccccc2F)C1. The van der Waals surface area contributed by atoms with E-state index in [0.717, 1.165) is 18.9 Å². The second-order valence-electron chi connectivity index (χ2n) is 4.54. The van der Waals surface area contributed by atoms with Crippen molar-refractivity contribution in [3.63, 3.8) is 0 Å². The Hall–Kier alpha value is -0.980. The largest absolute Gasteiger partial charge is 0.330 e. The quantitative estimate of drug-likeness (QED) is 0.899. The van der Waals surface area contributed by atoms with Gasteiger partial charge >= 0.3 is 0 Å². The van der Waals surface area contributed by atoms with Crippen LogP contribution in [0.2, 0.25) is 0 Å². The maximum Gasteiger partial charge on any atom is 0.245 e. The average molecular weight is 272 g/mol. The van der Waals surface area contributed by atoms with Gasteiger partial charge in [-0.2, -0.15) is 4.31 Å². The lowest BCUT2D eigenvalue weighted by molar-refractivity contribution is 0.270. The van der Waals surface area contributed by atoms with Crippen molar-refractivity contribution >= 4 is 10.0 Å². The standard InChI is InChI=1S/C12H17FN2O2S/c13-11-5-1-2-6-12(11)18(16,17)15-7-3-4-10(8-14)9-15/h1-2,5-6,10H,3-4,7-9,14H2. The normalized spacial score (nSPS) is 22.0. The van der Waals surface area contributed by atoms with E-state index in [1.54, 1.807) is 0 Å². The van der Waals surface area contributed by atoms with Gasteiger partial charge in [-0.25, -0.2) is 12.8 Å². The summed E-state index contributed by atoms with van der Waals surface area (Å²) in [6.45, 7) is 1.28. The van der Waals surface area contributed by atoms with Crippen LogP contribution in [-0.2, 0) is 10.0 Å². The molecule has 0 saturated carbocycles. The number of benzene rings is 1. The molecule has 1 aliphatic rings. The fraction of sp³-hybridized carbons (Fsp3) is 0.500. The summed E-state index contributed by atoms with van der Waals surface area (Å²) in [6.07, 6.45) is 1.70. The van der Waals surface area contributed by atoms with Crippen molar-refractivity contribution in [2.75, 3.05) is 19.6 Å².